The summed E-state index contributed by atoms with van der Waals surface area (Å²) in [6.45, 7) is 0. The first-order valence-electron chi connectivity index (χ1n) is 5.70. The van der Waals surface area contributed by atoms with E-state index in [2.05, 4.69) is 10.3 Å². The van der Waals surface area contributed by atoms with Gasteiger partial charge in [0.2, 0.25) is 10.0 Å². The lowest BCUT2D eigenvalue weighted by Gasteiger charge is -2.11. The lowest BCUT2D eigenvalue weighted by Crippen LogP contribution is -2.22. The predicted molar refractivity (Wildman–Crippen MR) is 72.0 cm³/mol. The second kappa shape index (κ2) is 5.03. The van der Waals surface area contributed by atoms with Crippen molar-refractivity contribution >= 4 is 10.0 Å². The summed E-state index contributed by atoms with van der Waals surface area (Å²) >= 11 is 0. The van der Waals surface area contributed by atoms with E-state index in [9.17, 15) is 8.42 Å². The van der Waals surface area contributed by atoms with E-state index in [0.717, 1.165) is 4.31 Å². The largest absolute Gasteiger partial charge is 0.246 e. The van der Waals surface area contributed by atoms with Crippen LogP contribution in [0.25, 0.3) is 11.3 Å². The van der Waals surface area contributed by atoms with Crippen molar-refractivity contribution in [3.05, 3.63) is 30.0 Å². The Balaban J connectivity index is 2.49. The Kier molecular flexibility index (Phi) is 3.57. The van der Waals surface area contributed by atoms with Crippen molar-refractivity contribution in [1.29, 1.82) is 5.26 Å². The molecule has 2 rings (SSSR count). The SMILES string of the molecule is CN(C)S(=O)(=O)c1ccc(-c2c(C#N)nnn2C)cc1. The van der Waals surface area contributed by atoms with Crippen molar-refractivity contribution in [3.63, 3.8) is 0 Å². The van der Waals surface area contributed by atoms with Gasteiger partial charge in [0, 0.05) is 26.7 Å². The van der Waals surface area contributed by atoms with Crippen LogP contribution >= 0.6 is 0 Å². The van der Waals surface area contributed by atoms with Crippen LogP contribution in [0, 0.1) is 11.3 Å². The number of aromatic nitrogens is 3. The fourth-order valence-corrected chi connectivity index (χ4v) is 2.65. The van der Waals surface area contributed by atoms with E-state index in [1.165, 1.54) is 30.9 Å². The third-order valence-electron chi connectivity index (χ3n) is 2.84. The van der Waals surface area contributed by atoms with Crippen LogP contribution in [0.2, 0.25) is 0 Å². The molecule has 7 nitrogen and oxygen atoms in total. The van der Waals surface area contributed by atoms with Gasteiger partial charge in [0.05, 0.1) is 4.90 Å². The van der Waals surface area contributed by atoms with Crippen LogP contribution in [-0.2, 0) is 17.1 Å². The first kappa shape index (κ1) is 14.2. The first-order chi connectivity index (χ1) is 9.37. The average Bonchev–Trinajstić information content (AvgIpc) is 2.79. The van der Waals surface area contributed by atoms with Gasteiger partial charge in [-0.2, -0.15) is 5.26 Å². The Morgan fingerprint density at radius 1 is 1.25 bits per heavy atom. The van der Waals surface area contributed by atoms with E-state index in [0.29, 0.717) is 11.3 Å². The van der Waals surface area contributed by atoms with Gasteiger partial charge in [-0.3, -0.25) is 0 Å². The molecule has 1 aromatic carbocycles. The highest BCUT2D eigenvalue weighted by Gasteiger charge is 2.18. The van der Waals surface area contributed by atoms with Gasteiger partial charge in [0.25, 0.3) is 0 Å². The van der Waals surface area contributed by atoms with Gasteiger partial charge in [-0.1, -0.05) is 17.3 Å². The lowest BCUT2D eigenvalue weighted by atomic mass is 10.1. The Bertz CT molecular complexity index is 769. The molecule has 0 N–H and O–H groups in total. The summed E-state index contributed by atoms with van der Waals surface area (Å²) in [5.74, 6) is 0. The monoisotopic (exact) mass is 291 g/mol. The summed E-state index contributed by atoms with van der Waals surface area (Å²) in [6.07, 6.45) is 0. The average molecular weight is 291 g/mol. The molecule has 0 aliphatic rings. The number of aryl methyl sites for hydroxylation is 1. The molecule has 0 unspecified atom stereocenters. The molecule has 0 saturated heterocycles. The van der Waals surface area contributed by atoms with Crippen LogP contribution in [0.5, 0.6) is 0 Å². The van der Waals surface area contributed by atoms with Crippen LogP contribution in [0.3, 0.4) is 0 Å². The molecule has 8 heteroatoms. The van der Waals surface area contributed by atoms with Gasteiger partial charge in [-0.15, -0.1) is 5.10 Å². The number of nitrogens with zero attached hydrogens (tertiary/aromatic N) is 5. The highest BCUT2D eigenvalue weighted by atomic mass is 32.2. The van der Waals surface area contributed by atoms with Gasteiger partial charge in [-0.25, -0.2) is 17.4 Å². The van der Waals surface area contributed by atoms with Crippen molar-refractivity contribution in [2.24, 2.45) is 7.05 Å². The number of benzene rings is 1. The fourth-order valence-electron chi connectivity index (χ4n) is 1.75. The third-order valence-corrected chi connectivity index (χ3v) is 4.67. The lowest BCUT2D eigenvalue weighted by molar-refractivity contribution is 0.521. The van der Waals surface area contributed by atoms with Crippen LogP contribution in [0.4, 0.5) is 0 Å². The zero-order valence-electron chi connectivity index (χ0n) is 11.3. The minimum atomic E-state index is -3.46. The number of hydrogen-bond donors (Lipinski definition) is 0. The quantitative estimate of drug-likeness (QED) is 0.826. The van der Waals surface area contributed by atoms with E-state index in [-0.39, 0.29) is 10.6 Å². The van der Waals surface area contributed by atoms with Crippen molar-refractivity contribution in [2.75, 3.05) is 14.1 Å². The van der Waals surface area contributed by atoms with Crippen LogP contribution < -0.4 is 0 Å². The molecule has 0 radical (unpaired) electrons. The summed E-state index contributed by atoms with van der Waals surface area (Å²) < 4.78 is 26.6. The zero-order valence-corrected chi connectivity index (χ0v) is 12.1. The topological polar surface area (TPSA) is 91.9 Å². The van der Waals surface area contributed by atoms with Crippen LogP contribution in [0.15, 0.2) is 29.2 Å². The van der Waals surface area contributed by atoms with Crippen LogP contribution in [-0.4, -0.2) is 41.8 Å². The molecule has 0 aliphatic heterocycles. The number of sulfonamides is 1. The van der Waals surface area contributed by atoms with Gasteiger partial charge >= 0.3 is 0 Å². The Morgan fingerprint density at radius 3 is 2.35 bits per heavy atom. The molecule has 0 saturated carbocycles. The normalized spacial score (nSPS) is 11.6. The summed E-state index contributed by atoms with van der Waals surface area (Å²) in [4.78, 5) is 0.194. The summed E-state index contributed by atoms with van der Waals surface area (Å²) in [5.41, 5.74) is 1.45. The molecule has 0 amide bonds. The predicted octanol–water partition coefficient (Wildman–Crippen LogP) is 0.604. The summed E-state index contributed by atoms with van der Waals surface area (Å²) in [7, 11) is 1.16. The van der Waals surface area contributed by atoms with Crippen molar-refractivity contribution in [3.8, 4) is 17.3 Å². The molecule has 0 atom stereocenters. The van der Waals surface area contributed by atoms with E-state index >= 15 is 0 Å². The van der Waals surface area contributed by atoms with Gasteiger partial charge in [0.1, 0.15) is 11.8 Å². The smallest absolute Gasteiger partial charge is 0.242 e. The molecule has 0 spiro atoms. The molecule has 0 bridgehead atoms. The number of hydrogen-bond acceptors (Lipinski definition) is 5. The molecule has 1 heterocycles. The number of nitriles is 1. The van der Waals surface area contributed by atoms with E-state index in [4.69, 9.17) is 5.26 Å². The molecule has 0 fully saturated rings. The zero-order chi connectivity index (χ0) is 14.9. The van der Waals surface area contributed by atoms with Crippen molar-refractivity contribution < 1.29 is 8.42 Å². The maximum atomic E-state index is 12.0. The van der Waals surface area contributed by atoms with Gasteiger partial charge in [-0.05, 0) is 12.1 Å². The van der Waals surface area contributed by atoms with Crippen molar-refractivity contribution in [1.82, 2.24) is 19.3 Å². The Morgan fingerprint density at radius 2 is 1.85 bits per heavy atom. The second-order valence-corrected chi connectivity index (χ2v) is 6.49. The maximum absolute atomic E-state index is 12.0. The Hall–Kier alpha value is -2.24. The van der Waals surface area contributed by atoms with E-state index < -0.39 is 10.0 Å². The highest BCUT2D eigenvalue weighted by molar-refractivity contribution is 7.89. The van der Waals surface area contributed by atoms with E-state index in [1.54, 1.807) is 19.2 Å². The van der Waals surface area contributed by atoms with Gasteiger partial charge < -0.3 is 0 Å². The van der Waals surface area contributed by atoms with E-state index in [1.807, 2.05) is 6.07 Å². The fraction of sp³-hybridized carbons (Fsp3) is 0.250. The molecule has 1 aromatic heterocycles. The standard InChI is InChI=1S/C12H13N5O2S/c1-16(2)20(18,19)10-6-4-9(5-7-10)12-11(8-13)14-15-17(12)3/h4-7H,1-3H3. The first-order valence-corrected chi connectivity index (χ1v) is 7.14. The maximum Gasteiger partial charge on any atom is 0.242 e. The highest BCUT2D eigenvalue weighted by Crippen LogP contribution is 2.23. The third kappa shape index (κ3) is 2.29. The van der Waals surface area contributed by atoms with Crippen molar-refractivity contribution in [2.45, 2.75) is 4.90 Å². The summed E-state index contributed by atoms with van der Waals surface area (Å²) in [6, 6.07) is 8.22. The summed E-state index contributed by atoms with van der Waals surface area (Å²) in [5, 5.41) is 16.5. The molecular formula is C12H13N5O2S. The number of rotatable bonds is 3. The minimum absolute atomic E-state index is 0.194. The molecule has 104 valence electrons. The molecule has 2 aromatic rings. The Labute approximate surface area is 117 Å². The molecular weight excluding hydrogens is 278 g/mol. The minimum Gasteiger partial charge on any atom is -0.246 e. The molecule has 20 heavy (non-hydrogen) atoms. The van der Waals surface area contributed by atoms with Gasteiger partial charge in [0.15, 0.2) is 5.69 Å². The van der Waals surface area contributed by atoms with Crippen LogP contribution in [0.1, 0.15) is 5.69 Å². The second-order valence-electron chi connectivity index (χ2n) is 4.33. The molecule has 0 aliphatic carbocycles.